The number of nitrogens with zero attached hydrogens (tertiary/aromatic N) is 8. The molecule has 0 aliphatic carbocycles. The third-order valence-corrected chi connectivity index (χ3v) is 10.9. The summed E-state index contributed by atoms with van der Waals surface area (Å²) in [6.07, 6.45) is 13.9. The molecule has 2 amide bonds. The van der Waals surface area contributed by atoms with Gasteiger partial charge in [-0.3, -0.25) is 0 Å². The number of unbranched alkanes of at least 4 members (excludes halogenated alkanes) is 2. The van der Waals surface area contributed by atoms with Crippen molar-refractivity contribution in [2.45, 2.75) is 51.4 Å². The van der Waals surface area contributed by atoms with Crippen molar-refractivity contribution in [2.24, 2.45) is 0 Å². The molecule has 13 heteroatoms. The summed E-state index contributed by atoms with van der Waals surface area (Å²) in [5, 5.41) is 30.5. The Kier molecular flexibility index (Phi) is 13.0. The van der Waals surface area contributed by atoms with E-state index in [0.717, 1.165) is 59.8 Å². The fourth-order valence-electron chi connectivity index (χ4n) is 7.71. The number of rotatable bonds is 18. The van der Waals surface area contributed by atoms with Gasteiger partial charge < -0.3 is 31.1 Å². The average Bonchev–Trinajstić information content (AvgIpc) is 4.11. The van der Waals surface area contributed by atoms with E-state index in [-0.39, 0.29) is 6.03 Å². The van der Waals surface area contributed by atoms with Gasteiger partial charge in [0.15, 0.2) is 0 Å². The largest absolute Gasteiger partial charge is 0.385 e. The van der Waals surface area contributed by atoms with E-state index in [2.05, 4.69) is 76.0 Å². The van der Waals surface area contributed by atoms with Crippen LogP contribution < -0.4 is 21.3 Å². The number of carbonyl (C=O) groups excluding carboxylic acids is 1. The number of hydrogen-bond donors (Lipinski definition) is 4. The maximum Gasteiger partial charge on any atom is 0.323 e. The van der Waals surface area contributed by atoms with Crippen LogP contribution in [0, 0.1) is 0 Å². The van der Waals surface area contributed by atoms with Crippen LogP contribution in [0.15, 0.2) is 109 Å². The van der Waals surface area contributed by atoms with Gasteiger partial charge in [0.25, 0.3) is 0 Å². The Bertz CT molecular complexity index is 2050. The highest BCUT2D eigenvalue weighted by Gasteiger charge is 2.13. The van der Waals surface area contributed by atoms with E-state index in [1.807, 2.05) is 85.2 Å². The Morgan fingerprint density at radius 1 is 0.517 bits per heavy atom. The topological polar surface area (TPSA) is 133 Å². The van der Waals surface area contributed by atoms with Crippen LogP contribution in [0.1, 0.15) is 51.4 Å². The van der Waals surface area contributed by atoms with Crippen molar-refractivity contribution in [3.63, 3.8) is 0 Å². The Labute approximate surface area is 340 Å². The van der Waals surface area contributed by atoms with E-state index in [1.54, 1.807) is 9.36 Å². The quantitative estimate of drug-likeness (QED) is 0.0635. The zero-order valence-electron chi connectivity index (χ0n) is 33.2. The number of carbonyl (C=O) groups is 1. The molecule has 0 atom stereocenters. The second-order valence-electron chi connectivity index (χ2n) is 15.3. The van der Waals surface area contributed by atoms with Gasteiger partial charge in [0.05, 0.1) is 23.8 Å². The molecular weight excluding hydrogens is 725 g/mol. The van der Waals surface area contributed by atoms with Crippen LogP contribution in [-0.2, 0) is 0 Å². The minimum atomic E-state index is -0.359. The van der Waals surface area contributed by atoms with Gasteiger partial charge >= 0.3 is 6.03 Å². The Morgan fingerprint density at radius 3 is 1.38 bits per heavy atom. The maximum atomic E-state index is 13.1. The molecule has 2 saturated heterocycles. The van der Waals surface area contributed by atoms with Gasteiger partial charge in [-0.1, -0.05) is 34.7 Å². The number of hydrogen-bond acceptors (Lipinski definition) is 9. The van der Waals surface area contributed by atoms with E-state index in [4.69, 9.17) is 0 Å². The summed E-state index contributed by atoms with van der Waals surface area (Å²) in [6, 6.07) is 31.3. The van der Waals surface area contributed by atoms with Crippen molar-refractivity contribution in [3.05, 3.63) is 109 Å². The lowest BCUT2D eigenvalue weighted by Crippen LogP contribution is -2.20. The van der Waals surface area contributed by atoms with Crippen molar-refractivity contribution in [2.75, 3.05) is 73.6 Å². The molecule has 4 N–H and O–H groups in total. The molecule has 4 aromatic carbocycles. The van der Waals surface area contributed by atoms with Crippen molar-refractivity contribution >= 4 is 28.8 Å². The number of likely N-dealkylation sites (tertiary alicyclic amines) is 2. The highest BCUT2D eigenvalue weighted by atomic mass is 16.2. The molecule has 0 bridgehead atoms. The predicted octanol–water partition coefficient (Wildman–Crippen LogP) is 8.40. The van der Waals surface area contributed by atoms with Crippen LogP contribution in [0.3, 0.4) is 0 Å². The summed E-state index contributed by atoms with van der Waals surface area (Å²) in [6.45, 7) is 9.39. The normalized spacial score (nSPS) is 14.5. The van der Waals surface area contributed by atoms with E-state index in [0.29, 0.717) is 22.8 Å². The predicted molar refractivity (Wildman–Crippen MR) is 233 cm³/mol. The van der Waals surface area contributed by atoms with Gasteiger partial charge in [0, 0.05) is 47.0 Å². The van der Waals surface area contributed by atoms with Crippen molar-refractivity contribution in [3.8, 4) is 33.9 Å². The molecule has 2 aliphatic heterocycles. The monoisotopic (exact) mass is 778 g/mol. The highest BCUT2D eigenvalue weighted by molar-refractivity contribution is 6.00. The van der Waals surface area contributed by atoms with Gasteiger partial charge in [0.1, 0.15) is 11.4 Å². The number of amides is 2. The summed E-state index contributed by atoms with van der Waals surface area (Å²) in [4.78, 5) is 18.3. The summed E-state index contributed by atoms with van der Waals surface area (Å²) in [5.74, 6) is 0. The molecule has 2 fully saturated rings. The molecule has 0 unspecified atom stereocenters. The third kappa shape index (κ3) is 10.7. The molecule has 2 aromatic heterocycles. The van der Waals surface area contributed by atoms with E-state index in [9.17, 15) is 4.79 Å². The minimum absolute atomic E-state index is 0.359. The fourth-order valence-corrected chi connectivity index (χ4v) is 7.71. The van der Waals surface area contributed by atoms with Crippen molar-refractivity contribution in [1.82, 2.24) is 39.8 Å². The maximum absolute atomic E-state index is 13.1. The lowest BCUT2D eigenvalue weighted by atomic mass is 10.1. The molecule has 0 radical (unpaired) electrons. The molecule has 0 spiro atoms. The zero-order valence-corrected chi connectivity index (χ0v) is 33.2. The molecule has 0 saturated carbocycles. The molecule has 58 heavy (non-hydrogen) atoms. The first kappa shape index (κ1) is 38.8. The number of nitrogens with one attached hydrogen (secondary N) is 4. The minimum Gasteiger partial charge on any atom is -0.385 e. The zero-order chi connectivity index (χ0) is 39.4. The summed E-state index contributed by atoms with van der Waals surface area (Å²) >= 11 is 0. The highest BCUT2D eigenvalue weighted by Crippen LogP contribution is 2.25. The van der Waals surface area contributed by atoms with Gasteiger partial charge in [-0.15, -0.1) is 10.2 Å². The summed E-state index contributed by atoms with van der Waals surface area (Å²) in [7, 11) is 0. The molecule has 13 nitrogen and oxygen atoms in total. The third-order valence-electron chi connectivity index (χ3n) is 10.9. The Balaban J connectivity index is 0.801. The number of aromatic nitrogens is 6. The lowest BCUT2D eigenvalue weighted by Gasteiger charge is -2.14. The van der Waals surface area contributed by atoms with Crippen LogP contribution in [0.25, 0.3) is 33.9 Å². The molecule has 4 heterocycles. The first-order chi connectivity index (χ1) is 28.6. The molecule has 6 aromatic rings. The molecule has 2 aliphatic rings. The number of benzene rings is 4. The lowest BCUT2D eigenvalue weighted by molar-refractivity contribution is 0.262. The van der Waals surface area contributed by atoms with Gasteiger partial charge in [-0.05, 0) is 163 Å². The average molecular weight is 779 g/mol. The van der Waals surface area contributed by atoms with Gasteiger partial charge in [0.2, 0.25) is 0 Å². The van der Waals surface area contributed by atoms with Gasteiger partial charge in [-0.2, -0.15) is 0 Å². The van der Waals surface area contributed by atoms with Crippen LogP contribution in [-0.4, -0.2) is 98.2 Å². The SMILES string of the molecule is O=C(Nc1cccc(-c2cn(-c3ccc(NCCCCN4CCCC4)cc3)nn2)c1)Nc1cccc(-c2cn(-c3ccc(NCCCCN4CCCC4)cc3)nn2)c1. The second kappa shape index (κ2) is 19.4. The van der Waals surface area contributed by atoms with Crippen molar-refractivity contribution < 1.29 is 4.79 Å². The van der Waals surface area contributed by atoms with E-state index >= 15 is 0 Å². The summed E-state index contributed by atoms with van der Waals surface area (Å²) < 4.78 is 3.53. The molecule has 8 rings (SSSR count). The fraction of sp³-hybridized carbons (Fsp3) is 0.356. The molecular formula is C45H54N12O. The van der Waals surface area contributed by atoms with Crippen LogP contribution >= 0.6 is 0 Å². The number of urea groups is 1. The second-order valence-corrected chi connectivity index (χ2v) is 15.3. The first-order valence-electron chi connectivity index (χ1n) is 20.9. The Hall–Kier alpha value is -6.05. The first-order valence-corrected chi connectivity index (χ1v) is 20.9. The van der Waals surface area contributed by atoms with Crippen LogP contribution in [0.4, 0.5) is 27.5 Å². The van der Waals surface area contributed by atoms with Gasteiger partial charge in [-0.25, -0.2) is 14.2 Å². The summed E-state index contributed by atoms with van der Waals surface area (Å²) in [5.41, 5.74) is 8.41. The van der Waals surface area contributed by atoms with Crippen LogP contribution in [0.2, 0.25) is 0 Å². The number of anilines is 4. The van der Waals surface area contributed by atoms with Crippen molar-refractivity contribution in [1.29, 1.82) is 0 Å². The smallest absolute Gasteiger partial charge is 0.323 e. The van der Waals surface area contributed by atoms with Crippen LogP contribution in [0.5, 0.6) is 0 Å². The standard InChI is InChI=1S/C45H54N12O/c58-45(48-39-13-9-11-35(31-39)43-33-56(52-50-43)41-19-15-37(16-20-41)46-23-1-3-25-54-27-5-6-28-54)49-40-14-10-12-36(32-40)44-34-57(53-51-44)42-21-17-38(18-22-42)47-24-2-4-26-55-29-7-8-30-55/h9-22,31-34,46-47H,1-8,23-30H2,(H2,48,49,58). The molecule has 300 valence electrons. The van der Waals surface area contributed by atoms with E-state index in [1.165, 1.54) is 77.8 Å². The van der Waals surface area contributed by atoms with E-state index < -0.39 is 0 Å². The Morgan fingerprint density at radius 2 is 0.948 bits per heavy atom.